The molecule has 2 heterocycles. The van der Waals surface area contributed by atoms with Crippen molar-refractivity contribution >= 4 is 44.2 Å². The van der Waals surface area contributed by atoms with E-state index in [9.17, 15) is 27.9 Å². The number of carboxylic acid groups (broad SMARTS) is 1. The predicted octanol–water partition coefficient (Wildman–Crippen LogP) is 1.97. The van der Waals surface area contributed by atoms with E-state index in [1.807, 2.05) is 9.80 Å². The van der Waals surface area contributed by atoms with E-state index in [2.05, 4.69) is 5.32 Å². The molecule has 11 nitrogen and oxygen atoms in total. The Labute approximate surface area is 223 Å². The van der Waals surface area contributed by atoms with Gasteiger partial charge in [0.25, 0.3) is 0 Å². The highest BCUT2D eigenvalue weighted by Crippen LogP contribution is 2.38. The SMILES string of the molecule is CC(C(=O)Nc1ccc(S(N)(=O)=O)cc1)N1CCN(c2cc3c(cc2F)c(=O)c(C(=O)O)cn3C2CC2)CC1. The van der Waals surface area contributed by atoms with Gasteiger partial charge in [-0.1, -0.05) is 0 Å². The fourth-order valence-corrected chi connectivity index (χ4v) is 5.41. The Kier molecular flexibility index (Phi) is 6.91. The van der Waals surface area contributed by atoms with Crippen LogP contribution in [0.1, 0.15) is 36.2 Å². The van der Waals surface area contributed by atoms with Crippen molar-refractivity contribution in [1.82, 2.24) is 9.47 Å². The van der Waals surface area contributed by atoms with Crippen LogP contribution in [-0.2, 0) is 14.8 Å². The molecule has 1 saturated heterocycles. The van der Waals surface area contributed by atoms with Crippen LogP contribution in [0.2, 0.25) is 0 Å². The first-order chi connectivity index (χ1) is 18.4. The molecule has 206 valence electrons. The van der Waals surface area contributed by atoms with Gasteiger partial charge >= 0.3 is 5.97 Å². The molecule has 1 aliphatic heterocycles. The molecule has 2 aromatic carbocycles. The summed E-state index contributed by atoms with van der Waals surface area (Å²) in [5, 5.41) is 17.4. The van der Waals surface area contributed by atoms with E-state index in [1.165, 1.54) is 30.5 Å². The maximum atomic E-state index is 15.2. The molecule has 1 saturated carbocycles. The molecule has 2 aliphatic rings. The summed E-state index contributed by atoms with van der Waals surface area (Å²) in [6.45, 7) is 3.58. The zero-order valence-electron chi connectivity index (χ0n) is 21.1. The topological polar surface area (TPSA) is 155 Å². The lowest BCUT2D eigenvalue weighted by molar-refractivity contribution is -0.120. The Morgan fingerprint density at radius 3 is 2.31 bits per heavy atom. The number of pyridine rings is 1. The molecule has 4 N–H and O–H groups in total. The third-order valence-corrected chi connectivity index (χ3v) is 8.23. The van der Waals surface area contributed by atoms with E-state index in [0.29, 0.717) is 43.1 Å². The molecule has 1 aliphatic carbocycles. The molecular weight excluding hydrogens is 529 g/mol. The summed E-state index contributed by atoms with van der Waals surface area (Å²) < 4.78 is 39.8. The van der Waals surface area contributed by atoms with Crippen LogP contribution < -0.4 is 20.8 Å². The monoisotopic (exact) mass is 557 g/mol. The largest absolute Gasteiger partial charge is 0.477 e. The van der Waals surface area contributed by atoms with Crippen LogP contribution in [0.25, 0.3) is 10.9 Å². The number of anilines is 2. The lowest BCUT2D eigenvalue weighted by Crippen LogP contribution is -2.53. The Bertz CT molecular complexity index is 1630. The first-order valence-corrected chi connectivity index (χ1v) is 14.0. The number of nitrogens with zero attached hydrogens (tertiary/aromatic N) is 3. The van der Waals surface area contributed by atoms with Gasteiger partial charge in [-0.15, -0.1) is 0 Å². The second-order valence-electron chi connectivity index (χ2n) is 9.89. The highest BCUT2D eigenvalue weighted by Gasteiger charge is 2.30. The van der Waals surface area contributed by atoms with Gasteiger partial charge in [-0.3, -0.25) is 14.5 Å². The minimum absolute atomic E-state index is 0.0454. The number of aromatic carboxylic acids is 1. The number of nitrogens with one attached hydrogen (secondary N) is 1. The number of aromatic nitrogens is 1. The van der Waals surface area contributed by atoms with E-state index in [1.54, 1.807) is 17.6 Å². The van der Waals surface area contributed by atoms with Crippen LogP contribution in [0.3, 0.4) is 0 Å². The van der Waals surface area contributed by atoms with Gasteiger partial charge in [-0.25, -0.2) is 22.7 Å². The van der Waals surface area contributed by atoms with Gasteiger partial charge in [0.05, 0.1) is 22.1 Å². The number of carbonyl (C=O) groups is 2. The molecule has 1 amide bonds. The van der Waals surface area contributed by atoms with Crippen molar-refractivity contribution < 1.29 is 27.5 Å². The van der Waals surface area contributed by atoms with Crippen LogP contribution >= 0.6 is 0 Å². The summed E-state index contributed by atoms with van der Waals surface area (Å²) in [6, 6.07) is 7.89. The molecule has 1 unspecified atom stereocenters. The van der Waals surface area contributed by atoms with Gasteiger partial charge in [0, 0.05) is 49.5 Å². The van der Waals surface area contributed by atoms with Crippen LogP contribution in [0.4, 0.5) is 15.8 Å². The number of hydrogen-bond acceptors (Lipinski definition) is 7. The van der Waals surface area contributed by atoms with Gasteiger partial charge in [0.1, 0.15) is 11.4 Å². The molecule has 0 spiro atoms. The summed E-state index contributed by atoms with van der Waals surface area (Å²) in [7, 11) is -3.83. The fourth-order valence-electron chi connectivity index (χ4n) is 4.90. The van der Waals surface area contributed by atoms with Crippen molar-refractivity contribution in [2.45, 2.75) is 36.7 Å². The number of hydrogen-bond donors (Lipinski definition) is 3. The van der Waals surface area contributed by atoms with E-state index < -0.39 is 33.3 Å². The maximum absolute atomic E-state index is 15.2. The maximum Gasteiger partial charge on any atom is 0.341 e. The van der Waals surface area contributed by atoms with Gasteiger partial charge in [-0.2, -0.15) is 0 Å². The van der Waals surface area contributed by atoms with Gasteiger partial charge < -0.3 is 19.9 Å². The normalized spacial score (nSPS) is 17.3. The molecule has 0 radical (unpaired) electrons. The molecule has 2 fully saturated rings. The first-order valence-electron chi connectivity index (χ1n) is 12.5. The summed E-state index contributed by atoms with van der Waals surface area (Å²) in [5.74, 6) is -2.21. The highest BCUT2D eigenvalue weighted by molar-refractivity contribution is 7.89. The summed E-state index contributed by atoms with van der Waals surface area (Å²) in [4.78, 5) is 40.9. The number of carboxylic acids is 1. The highest BCUT2D eigenvalue weighted by atomic mass is 32.2. The number of sulfonamides is 1. The Balaban J connectivity index is 1.30. The van der Waals surface area contributed by atoms with Crippen LogP contribution in [0.5, 0.6) is 0 Å². The van der Waals surface area contributed by atoms with Crippen molar-refractivity contribution in [2.24, 2.45) is 5.14 Å². The number of rotatable bonds is 7. The average molecular weight is 558 g/mol. The number of halogens is 1. The van der Waals surface area contributed by atoms with E-state index >= 15 is 4.39 Å². The second-order valence-corrected chi connectivity index (χ2v) is 11.5. The zero-order chi connectivity index (χ0) is 28.1. The van der Waals surface area contributed by atoms with Gasteiger partial charge in [0.15, 0.2) is 0 Å². The van der Waals surface area contributed by atoms with Crippen LogP contribution in [0, 0.1) is 5.82 Å². The molecule has 3 aromatic rings. The minimum Gasteiger partial charge on any atom is -0.477 e. The van der Waals surface area contributed by atoms with E-state index in [4.69, 9.17) is 5.14 Å². The Morgan fingerprint density at radius 2 is 1.74 bits per heavy atom. The smallest absolute Gasteiger partial charge is 0.341 e. The summed E-state index contributed by atoms with van der Waals surface area (Å²) in [5.41, 5.74) is 0.189. The number of primary sulfonamides is 1. The minimum atomic E-state index is -3.83. The third kappa shape index (κ3) is 5.37. The number of piperazine rings is 1. The molecule has 1 aromatic heterocycles. The van der Waals surface area contributed by atoms with Gasteiger partial charge in [0.2, 0.25) is 21.4 Å². The molecular formula is C26H28FN5O6S. The Hall–Kier alpha value is -3.81. The van der Waals surface area contributed by atoms with Crippen molar-refractivity contribution in [2.75, 3.05) is 36.4 Å². The quantitative estimate of drug-likeness (QED) is 0.398. The lowest BCUT2D eigenvalue weighted by atomic mass is 10.1. The van der Waals surface area contributed by atoms with E-state index in [0.717, 1.165) is 18.9 Å². The number of carbonyl (C=O) groups excluding carboxylic acids is 1. The number of nitrogens with two attached hydrogens (primary N) is 1. The fraction of sp³-hybridized carbons (Fsp3) is 0.346. The van der Waals surface area contributed by atoms with Gasteiger partial charge in [-0.05, 0) is 56.2 Å². The third-order valence-electron chi connectivity index (χ3n) is 7.30. The van der Waals surface area contributed by atoms with E-state index in [-0.39, 0.29) is 27.8 Å². The van der Waals surface area contributed by atoms with Crippen molar-refractivity contribution in [3.8, 4) is 0 Å². The number of amides is 1. The zero-order valence-corrected chi connectivity index (χ0v) is 21.9. The average Bonchev–Trinajstić information content (AvgIpc) is 3.74. The molecule has 5 rings (SSSR count). The van der Waals surface area contributed by atoms with Crippen LogP contribution in [0.15, 0.2) is 52.3 Å². The molecule has 13 heteroatoms. The number of benzene rings is 2. The van der Waals surface area contributed by atoms with Crippen LogP contribution in [-0.4, -0.2) is 67.1 Å². The summed E-state index contributed by atoms with van der Waals surface area (Å²) in [6.07, 6.45) is 3.07. The second kappa shape index (κ2) is 10.1. The van der Waals surface area contributed by atoms with Crippen molar-refractivity contribution in [3.05, 3.63) is 64.2 Å². The molecule has 1 atom stereocenters. The standard InChI is InChI=1S/C26H28FN5O6S/c1-15(25(34)29-16-2-6-18(7-3-16)39(28,37)38)30-8-10-31(11-9-30)23-13-22-19(12-21(23)27)24(33)20(26(35)36)14-32(22)17-4-5-17/h2-3,6-7,12-15,17H,4-5,8-11H2,1H3,(H,29,34)(H,35,36)(H2,28,37,38). The first kappa shape index (κ1) is 26.8. The Morgan fingerprint density at radius 1 is 1.10 bits per heavy atom. The summed E-state index contributed by atoms with van der Waals surface area (Å²) >= 11 is 0. The van der Waals surface area contributed by atoms with Crippen molar-refractivity contribution in [1.29, 1.82) is 0 Å². The predicted molar refractivity (Wildman–Crippen MR) is 143 cm³/mol. The number of fused-ring (bicyclic) bond motifs is 1. The van der Waals surface area contributed by atoms with Crippen molar-refractivity contribution in [3.63, 3.8) is 0 Å². The molecule has 0 bridgehead atoms. The lowest BCUT2D eigenvalue weighted by Gasteiger charge is -2.38. The molecule has 39 heavy (non-hydrogen) atoms.